The molecule has 0 N–H and O–H groups in total. The highest BCUT2D eigenvalue weighted by Crippen LogP contribution is 2.27. The summed E-state index contributed by atoms with van der Waals surface area (Å²) in [5, 5.41) is 4.40. The van der Waals surface area contributed by atoms with Gasteiger partial charge in [-0.25, -0.2) is 0 Å². The second-order valence-corrected chi connectivity index (χ2v) is 7.72. The molecule has 1 unspecified atom stereocenters. The molecule has 2 heterocycles. The maximum Gasteiger partial charge on any atom is 0.253 e. The van der Waals surface area contributed by atoms with E-state index in [0.717, 1.165) is 36.2 Å². The van der Waals surface area contributed by atoms with Crippen molar-refractivity contribution >= 4 is 5.91 Å². The van der Waals surface area contributed by atoms with Crippen LogP contribution >= 0.6 is 0 Å². The standard InChI is InChI=1S/C24H28N4O/c1-4-22-21(16-25-27(22)3)19-11-8-12-20(15-19)24(29)28-14-13-26(2)23(17-28)18-9-6-5-7-10-18/h5-12,15-16,23H,4,13-14,17H2,1-3H3. The Morgan fingerprint density at radius 3 is 2.62 bits per heavy atom. The van der Waals surface area contributed by atoms with Crippen molar-refractivity contribution in [1.29, 1.82) is 0 Å². The Kier molecular flexibility index (Phi) is 5.49. The Hall–Kier alpha value is -2.92. The predicted octanol–water partition coefficient (Wildman–Crippen LogP) is 3.78. The van der Waals surface area contributed by atoms with E-state index in [1.807, 2.05) is 47.1 Å². The van der Waals surface area contributed by atoms with Crippen molar-refractivity contribution in [3.63, 3.8) is 0 Å². The number of hydrogen-bond donors (Lipinski definition) is 0. The zero-order valence-corrected chi connectivity index (χ0v) is 17.4. The van der Waals surface area contributed by atoms with Crippen molar-refractivity contribution < 1.29 is 4.79 Å². The second-order valence-electron chi connectivity index (χ2n) is 7.72. The summed E-state index contributed by atoms with van der Waals surface area (Å²) in [4.78, 5) is 17.6. The summed E-state index contributed by atoms with van der Waals surface area (Å²) < 4.78 is 1.91. The third kappa shape index (κ3) is 3.83. The molecular formula is C24H28N4O. The first-order chi connectivity index (χ1) is 14.1. The van der Waals surface area contributed by atoms with Crippen LogP contribution in [0.3, 0.4) is 0 Å². The van der Waals surface area contributed by atoms with Gasteiger partial charge in [0.2, 0.25) is 0 Å². The Morgan fingerprint density at radius 2 is 1.86 bits per heavy atom. The number of aromatic nitrogens is 2. The summed E-state index contributed by atoms with van der Waals surface area (Å²) in [7, 11) is 4.10. The summed E-state index contributed by atoms with van der Waals surface area (Å²) in [6.07, 6.45) is 2.80. The molecule has 0 saturated carbocycles. The molecule has 5 heteroatoms. The largest absolute Gasteiger partial charge is 0.335 e. The van der Waals surface area contributed by atoms with Crippen molar-refractivity contribution in [1.82, 2.24) is 19.6 Å². The number of carbonyl (C=O) groups is 1. The first kappa shape index (κ1) is 19.4. The average Bonchev–Trinajstić information content (AvgIpc) is 3.14. The van der Waals surface area contributed by atoms with E-state index in [1.165, 1.54) is 11.3 Å². The number of nitrogens with zero attached hydrogens (tertiary/aromatic N) is 4. The van der Waals surface area contributed by atoms with E-state index in [9.17, 15) is 4.79 Å². The van der Waals surface area contributed by atoms with Gasteiger partial charge in [0.15, 0.2) is 0 Å². The van der Waals surface area contributed by atoms with Crippen LogP contribution in [0, 0.1) is 0 Å². The lowest BCUT2D eigenvalue weighted by Crippen LogP contribution is -2.49. The fraction of sp³-hybridized carbons (Fsp3) is 0.333. The molecule has 0 aliphatic carbocycles. The number of piperazine rings is 1. The molecule has 3 aromatic rings. The normalized spacial score (nSPS) is 17.5. The number of likely N-dealkylation sites (N-methyl/N-ethyl adjacent to an activating group) is 1. The molecule has 1 aliphatic heterocycles. The summed E-state index contributed by atoms with van der Waals surface area (Å²) in [6.45, 7) is 4.45. The van der Waals surface area contributed by atoms with Gasteiger partial charge in [-0.15, -0.1) is 0 Å². The van der Waals surface area contributed by atoms with E-state index in [0.29, 0.717) is 6.54 Å². The number of carbonyl (C=O) groups excluding carboxylic acids is 1. The highest BCUT2D eigenvalue weighted by molar-refractivity contribution is 5.95. The topological polar surface area (TPSA) is 41.4 Å². The summed E-state index contributed by atoms with van der Waals surface area (Å²) in [5.41, 5.74) is 5.33. The van der Waals surface area contributed by atoms with E-state index in [-0.39, 0.29) is 11.9 Å². The zero-order valence-electron chi connectivity index (χ0n) is 17.4. The van der Waals surface area contributed by atoms with Gasteiger partial charge >= 0.3 is 0 Å². The van der Waals surface area contributed by atoms with Crippen LogP contribution in [0.4, 0.5) is 0 Å². The molecule has 150 valence electrons. The summed E-state index contributed by atoms with van der Waals surface area (Å²) >= 11 is 0. The van der Waals surface area contributed by atoms with Gasteiger partial charge in [0.05, 0.1) is 12.2 Å². The van der Waals surface area contributed by atoms with Crippen molar-refractivity contribution in [2.24, 2.45) is 7.05 Å². The SMILES string of the molecule is CCc1c(-c2cccc(C(=O)N3CCN(C)C(c4ccccc4)C3)c2)cnn1C. The maximum atomic E-state index is 13.3. The third-order valence-corrected chi connectivity index (χ3v) is 5.94. The van der Waals surface area contributed by atoms with Gasteiger partial charge in [0, 0.05) is 43.5 Å². The number of benzene rings is 2. The first-order valence-electron chi connectivity index (χ1n) is 10.2. The van der Waals surface area contributed by atoms with Crippen LogP contribution in [0.2, 0.25) is 0 Å². The van der Waals surface area contributed by atoms with E-state index >= 15 is 0 Å². The van der Waals surface area contributed by atoms with Crippen molar-refractivity contribution in [2.45, 2.75) is 19.4 Å². The number of hydrogen-bond acceptors (Lipinski definition) is 3. The smallest absolute Gasteiger partial charge is 0.253 e. The molecule has 1 saturated heterocycles. The molecular weight excluding hydrogens is 360 g/mol. The molecule has 2 aromatic carbocycles. The first-order valence-corrected chi connectivity index (χ1v) is 10.2. The van der Waals surface area contributed by atoms with Gasteiger partial charge in [-0.3, -0.25) is 14.4 Å². The Bertz CT molecular complexity index is 995. The number of amides is 1. The summed E-state index contributed by atoms with van der Waals surface area (Å²) in [5.74, 6) is 0.0998. The van der Waals surface area contributed by atoms with Gasteiger partial charge < -0.3 is 4.90 Å². The minimum absolute atomic E-state index is 0.0998. The highest BCUT2D eigenvalue weighted by atomic mass is 16.2. The lowest BCUT2D eigenvalue weighted by Gasteiger charge is -2.39. The van der Waals surface area contributed by atoms with E-state index in [2.05, 4.69) is 54.3 Å². The van der Waals surface area contributed by atoms with Crippen LogP contribution < -0.4 is 0 Å². The van der Waals surface area contributed by atoms with Crippen LogP contribution in [0.25, 0.3) is 11.1 Å². The molecule has 1 amide bonds. The predicted molar refractivity (Wildman–Crippen MR) is 116 cm³/mol. The van der Waals surface area contributed by atoms with Gasteiger partial charge in [-0.05, 0) is 36.7 Å². The molecule has 1 atom stereocenters. The van der Waals surface area contributed by atoms with Crippen LogP contribution in [0.1, 0.15) is 34.6 Å². The quantitative estimate of drug-likeness (QED) is 0.683. The Balaban J connectivity index is 1.58. The zero-order chi connectivity index (χ0) is 20.4. The molecule has 0 radical (unpaired) electrons. The molecule has 5 nitrogen and oxygen atoms in total. The molecule has 4 rings (SSSR count). The molecule has 1 aliphatic rings. The van der Waals surface area contributed by atoms with Gasteiger partial charge in [-0.1, -0.05) is 49.4 Å². The fourth-order valence-electron chi connectivity index (χ4n) is 4.22. The molecule has 1 aromatic heterocycles. The third-order valence-electron chi connectivity index (χ3n) is 5.94. The molecule has 0 bridgehead atoms. The minimum atomic E-state index is 0.0998. The van der Waals surface area contributed by atoms with Crippen molar-refractivity contribution in [3.8, 4) is 11.1 Å². The Labute approximate surface area is 172 Å². The van der Waals surface area contributed by atoms with Crippen molar-refractivity contribution in [2.75, 3.05) is 26.7 Å². The number of aryl methyl sites for hydroxylation is 1. The van der Waals surface area contributed by atoms with Gasteiger partial charge in [0.1, 0.15) is 0 Å². The molecule has 1 fully saturated rings. The van der Waals surface area contributed by atoms with Crippen LogP contribution in [0.5, 0.6) is 0 Å². The second kappa shape index (κ2) is 8.21. The maximum absolute atomic E-state index is 13.3. The minimum Gasteiger partial charge on any atom is -0.335 e. The fourth-order valence-corrected chi connectivity index (χ4v) is 4.22. The van der Waals surface area contributed by atoms with E-state index in [4.69, 9.17) is 0 Å². The van der Waals surface area contributed by atoms with E-state index in [1.54, 1.807) is 0 Å². The molecule has 29 heavy (non-hydrogen) atoms. The van der Waals surface area contributed by atoms with Crippen LogP contribution in [-0.4, -0.2) is 52.2 Å². The van der Waals surface area contributed by atoms with E-state index < -0.39 is 0 Å². The van der Waals surface area contributed by atoms with Crippen LogP contribution in [-0.2, 0) is 13.5 Å². The lowest BCUT2D eigenvalue weighted by atomic mass is 10.00. The lowest BCUT2D eigenvalue weighted by molar-refractivity contribution is 0.0546. The van der Waals surface area contributed by atoms with Gasteiger partial charge in [-0.2, -0.15) is 5.10 Å². The van der Waals surface area contributed by atoms with Gasteiger partial charge in [0.25, 0.3) is 5.91 Å². The van der Waals surface area contributed by atoms with Crippen LogP contribution in [0.15, 0.2) is 60.8 Å². The highest BCUT2D eigenvalue weighted by Gasteiger charge is 2.29. The van der Waals surface area contributed by atoms with Crippen molar-refractivity contribution in [3.05, 3.63) is 77.6 Å². The molecule has 0 spiro atoms. The monoisotopic (exact) mass is 388 g/mol. The average molecular weight is 389 g/mol. The Morgan fingerprint density at radius 1 is 1.07 bits per heavy atom. The summed E-state index contributed by atoms with van der Waals surface area (Å²) in [6, 6.07) is 18.6. The number of rotatable bonds is 4.